The normalized spacial score (nSPS) is 38.8. The van der Waals surface area contributed by atoms with Gasteiger partial charge in [-0.15, -0.1) is 0 Å². The van der Waals surface area contributed by atoms with Crippen LogP contribution in [0.15, 0.2) is 47.6 Å². The van der Waals surface area contributed by atoms with E-state index in [-0.39, 0.29) is 67.1 Å². The summed E-state index contributed by atoms with van der Waals surface area (Å²) in [6.07, 6.45) is 13.0. The van der Waals surface area contributed by atoms with Crippen LogP contribution in [0.5, 0.6) is 0 Å². The lowest BCUT2D eigenvalue weighted by molar-refractivity contribution is -0.265. The molecule has 14 atom stereocenters. The average Bonchev–Trinajstić information content (AvgIpc) is 3.25. The number of esters is 1. The van der Waals surface area contributed by atoms with E-state index in [4.69, 9.17) is 18.9 Å². The second kappa shape index (κ2) is 24.3. The van der Waals surface area contributed by atoms with Crippen LogP contribution in [-0.4, -0.2) is 119 Å². The van der Waals surface area contributed by atoms with Crippen molar-refractivity contribution in [1.29, 1.82) is 0 Å². The Hall–Kier alpha value is -3.33. The maximum atomic E-state index is 14.3. The number of hydrogen-bond donors (Lipinski definition) is 3. The molecule has 1 saturated carbocycles. The Bertz CT molecular complexity index is 1700. The van der Waals surface area contributed by atoms with Gasteiger partial charge in [-0.05, 0) is 107 Å². The van der Waals surface area contributed by atoms with Crippen LogP contribution in [0.4, 0.5) is 0 Å². The summed E-state index contributed by atoms with van der Waals surface area (Å²) in [6.45, 7) is 12.9. The molecule has 3 heterocycles. The maximum absolute atomic E-state index is 14.3. The Morgan fingerprint density at radius 1 is 0.841 bits per heavy atom. The van der Waals surface area contributed by atoms with Crippen LogP contribution in [-0.2, 0) is 42.9 Å². The topological polar surface area (TPSA) is 186 Å². The monoisotopic (exact) mass is 884 g/mol. The van der Waals surface area contributed by atoms with Crippen molar-refractivity contribution < 1.29 is 58.2 Å². The molecule has 63 heavy (non-hydrogen) atoms. The van der Waals surface area contributed by atoms with Crippen LogP contribution in [0, 0.1) is 35.5 Å². The fourth-order valence-corrected chi connectivity index (χ4v) is 9.78. The van der Waals surface area contributed by atoms with Crippen molar-refractivity contribution in [2.45, 2.75) is 180 Å². The molecule has 0 aromatic carbocycles. The molecule has 4 aliphatic rings. The van der Waals surface area contributed by atoms with E-state index in [9.17, 15) is 39.3 Å². The summed E-state index contributed by atoms with van der Waals surface area (Å²) in [6, 6.07) is -1.12. The lowest BCUT2D eigenvalue weighted by Crippen LogP contribution is -2.61. The number of methoxy groups -OCH3 is 2. The Labute approximate surface area is 375 Å². The third kappa shape index (κ3) is 14.3. The van der Waals surface area contributed by atoms with Gasteiger partial charge in [0.1, 0.15) is 23.7 Å². The van der Waals surface area contributed by atoms with E-state index in [1.807, 2.05) is 58.1 Å². The number of aliphatic hydroxyl groups excluding tert-OH is 2. The number of allylic oxidation sites excluding steroid dienone is 6. The first kappa shape index (κ1) is 52.3. The van der Waals surface area contributed by atoms with Gasteiger partial charge in [0.15, 0.2) is 0 Å². The summed E-state index contributed by atoms with van der Waals surface area (Å²) < 4.78 is 23.8. The zero-order chi connectivity index (χ0) is 46.6. The molecule has 3 aliphatic heterocycles. The predicted molar refractivity (Wildman–Crippen MR) is 239 cm³/mol. The number of hydrogen-bond acceptors (Lipinski definition) is 12. The first-order chi connectivity index (χ1) is 29.8. The number of nitrogens with zero attached hydrogens (tertiary/aromatic N) is 1. The third-order valence-electron chi connectivity index (χ3n) is 14.2. The van der Waals surface area contributed by atoms with Crippen LogP contribution in [0.25, 0.3) is 0 Å². The summed E-state index contributed by atoms with van der Waals surface area (Å²) in [5, 5.41) is 33.5. The molecular formula is C50H77NO12. The molecule has 2 unspecified atom stereocenters. The molecule has 0 aromatic heterocycles. The standard InChI is InChI=1S/C50H77NO12/c1-30-15-11-10-12-16-31(2)44(60-8)27-38-20-18-36(7)50(59,63-38)47(56)48(57)51-22-14-13-17-39(51)49(58)62-45(35(6)25-37-19-21-40(52)46(26-37)61-9)29-43(55)34(5)24-33(4)42(54)28-41(53)32(3)23-30/h10-12,15-16,24,30,32,34-40,42,44-46,52,54,59H,13-14,17-23,25-29H2,1-9H3/b12-10?,15-11+,31-16?,33-24+/t30-,32-,34-,35-,36-,37?,38+,39?,40-,42-,44+,45+,46-,50-/m1/s1. The number of carbonyl (C=O) groups is 5. The van der Waals surface area contributed by atoms with E-state index in [1.54, 1.807) is 41.1 Å². The highest BCUT2D eigenvalue weighted by Crippen LogP contribution is 2.37. The molecule has 13 heteroatoms. The van der Waals surface area contributed by atoms with E-state index in [0.717, 1.165) is 12.0 Å². The van der Waals surface area contributed by atoms with Crippen LogP contribution >= 0.6 is 0 Å². The molecule has 354 valence electrons. The highest BCUT2D eigenvalue weighted by Gasteiger charge is 2.53. The number of carbonyl (C=O) groups excluding carboxylic acids is 5. The van der Waals surface area contributed by atoms with Crippen molar-refractivity contribution in [3.63, 3.8) is 0 Å². The van der Waals surface area contributed by atoms with Crippen LogP contribution in [0.1, 0.15) is 132 Å². The zero-order valence-corrected chi connectivity index (χ0v) is 39.3. The molecule has 4 rings (SSSR count). The lowest BCUT2D eigenvalue weighted by atomic mass is 9.78. The second-order valence-electron chi connectivity index (χ2n) is 19.3. The van der Waals surface area contributed by atoms with Crippen molar-refractivity contribution in [2.75, 3.05) is 20.8 Å². The molecule has 1 aliphatic carbocycles. The van der Waals surface area contributed by atoms with Gasteiger partial charge in [-0.25, -0.2) is 4.79 Å². The highest BCUT2D eigenvalue weighted by atomic mass is 16.6. The van der Waals surface area contributed by atoms with E-state index >= 15 is 0 Å². The van der Waals surface area contributed by atoms with Crippen molar-refractivity contribution in [2.24, 2.45) is 35.5 Å². The number of cyclic esters (lactones) is 1. The number of amides is 1. The maximum Gasteiger partial charge on any atom is 0.329 e. The van der Waals surface area contributed by atoms with Gasteiger partial charge in [0.2, 0.25) is 5.79 Å². The second-order valence-corrected chi connectivity index (χ2v) is 19.3. The van der Waals surface area contributed by atoms with Gasteiger partial charge in [-0.1, -0.05) is 71.1 Å². The summed E-state index contributed by atoms with van der Waals surface area (Å²) in [4.78, 5) is 71.1. The summed E-state index contributed by atoms with van der Waals surface area (Å²) in [7, 11) is 3.15. The van der Waals surface area contributed by atoms with Gasteiger partial charge in [-0.2, -0.15) is 0 Å². The number of ether oxygens (including phenoxy) is 4. The molecule has 2 bridgehead atoms. The fourth-order valence-electron chi connectivity index (χ4n) is 9.78. The Balaban J connectivity index is 1.67. The van der Waals surface area contributed by atoms with E-state index in [1.165, 1.54) is 4.90 Å². The van der Waals surface area contributed by atoms with Gasteiger partial charge in [0.25, 0.3) is 11.7 Å². The third-order valence-corrected chi connectivity index (χ3v) is 14.2. The predicted octanol–water partition coefficient (Wildman–Crippen LogP) is 6.56. The van der Waals surface area contributed by atoms with Crippen molar-refractivity contribution in [3.05, 3.63) is 47.6 Å². The first-order valence-corrected chi connectivity index (χ1v) is 23.4. The number of Topliss-reactive ketones (excluding diaryl/α,β-unsaturated/α-hetero) is 3. The van der Waals surface area contributed by atoms with Gasteiger partial charge in [0, 0.05) is 57.8 Å². The summed E-state index contributed by atoms with van der Waals surface area (Å²) in [5.74, 6) is -7.36. The van der Waals surface area contributed by atoms with Gasteiger partial charge < -0.3 is 39.2 Å². The Kier molecular flexibility index (Phi) is 20.1. The van der Waals surface area contributed by atoms with E-state index < -0.39 is 71.8 Å². The summed E-state index contributed by atoms with van der Waals surface area (Å²) >= 11 is 0. The number of rotatable bonds is 5. The molecule has 3 N–H and O–H groups in total. The molecule has 13 nitrogen and oxygen atoms in total. The highest BCUT2D eigenvalue weighted by molar-refractivity contribution is 6.39. The lowest BCUT2D eigenvalue weighted by Gasteiger charge is -2.42. The molecule has 2 saturated heterocycles. The van der Waals surface area contributed by atoms with Crippen LogP contribution in [0.3, 0.4) is 0 Å². The van der Waals surface area contributed by atoms with Gasteiger partial charge >= 0.3 is 5.97 Å². The van der Waals surface area contributed by atoms with E-state index in [0.29, 0.717) is 63.4 Å². The molecule has 0 spiro atoms. The van der Waals surface area contributed by atoms with Crippen molar-refractivity contribution in [1.82, 2.24) is 4.90 Å². The molecule has 1 amide bonds. The first-order valence-electron chi connectivity index (χ1n) is 23.4. The number of ketones is 3. The largest absolute Gasteiger partial charge is 0.460 e. The van der Waals surface area contributed by atoms with Gasteiger partial charge in [0.05, 0.1) is 30.5 Å². The van der Waals surface area contributed by atoms with Crippen LogP contribution < -0.4 is 0 Å². The Morgan fingerprint density at radius 2 is 1.57 bits per heavy atom. The molecule has 3 fully saturated rings. The SMILES string of the molecule is CO[C@H]1C[C@@H]2CC[C@@H](C)[C@@](O)(O2)C(=O)C(=O)N2CCCCC2C(=O)O[C@H]([C@H](C)CC2CC[C@@H](O)[C@H](OC)C2)CC(=O)[C@H](C)/C=C(\C)[C@H](O)CC(=O)[C@H](C)C[C@H](C)/C=C/C=CC=C1C. The van der Waals surface area contributed by atoms with Crippen molar-refractivity contribution in [3.8, 4) is 0 Å². The fraction of sp³-hybridized carbons (Fsp3) is 0.740. The van der Waals surface area contributed by atoms with Crippen molar-refractivity contribution >= 4 is 29.2 Å². The van der Waals surface area contributed by atoms with Crippen LogP contribution in [0.2, 0.25) is 0 Å². The zero-order valence-electron chi connectivity index (χ0n) is 39.3. The number of piperidine rings is 1. The Morgan fingerprint density at radius 3 is 2.27 bits per heavy atom. The minimum Gasteiger partial charge on any atom is -0.460 e. The van der Waals surface area contributed by atoms with Gasteiger partial charge in [-0.3, -0.25) is 19.2 Å². The number of aliphatic hydroxyl groups is 3. The minimum absolute atomic E-state index is 0.0725. The molecule has 0 aromatic rings. The molecule has 0 radical (unpaired) electrons. The minimum atomic E-state index is -2.42. The molecular weight excluding hydrogens is 807 g/mol. The average molecular weight is 884 g/mol. The number of fused-ring (bicyclic) bond motifs is 3. The van der Waals surface area contributed by atoms with E-state index in [2.05, 4.69) is 0 Å². The quantitative estimate of drug-likeness (QED) is 0.154. The summed E-state index contributed by atoms with van der Waals surface area (Å²) in [5.41, 5.74) is 1.39. The smallest absolute Gasteiger partial charge is 0.329 e.